The Kier molecular flexibility index (Phi) is 8.19. The summed E-state index contributed by atoms with van der Waals surface area (Å²) in [7, 11) is 0. The van der Waals surface area contributed by atoms with E-state index >= 15 is 0 Å². The number of aryl methyl sites for hydroxylation is 2. The molecule has 0 aromatic heterocycles. The van der Waals surface area contributed by atoms with Crippen LogP contribution in [-0.4, -0.2) is 43.0 Å². The lowest BCUT2D eigenvalue weighted by Gasteiger charge is -2.37. The molecule has 1 fully saturated rings. The zero-order valence-electron chi connectivity index (χ0n) is 19.7. The Morgan fingerprint density at radius 3 is 2.06 bits per heavy atom. The molecule has 0 unspecified atom stereocenters. The normalized spacial score (nSPS) is 14.9. The first-order valence-corrected chi connectivity index (χ1v) is 12.8. The molecule has 0 radical (unpaired) electrons. The van der Waals surface area contributed by atoms with Gasteiger partial charge in [0.2, 0.25) is 0 Å². The fraction of sp³-hybridized carbons (Fsp3) is 0.333. The quantitative estimate of drug-likeness (QED) is 0.296. The first-order valence-electron chi connectivity index (χ1n) is 11.5. The highest BCUT2D eigenvalue weighted by atomic mass is 35.5. The van der Waals surface area contributed by atoms with Gasteiger partial charge in [0.05, 0.1) is 5.75 Å². The molecule has 0 N–H and O–H groups in total. The minimum absolute atomic E-state index is 0.672. The van der Waals surface area contributed by atoms with Gasteiger partial charge < -0.3 is 9.64 Å². The Labute approximate surface area is 213 Å². The molecule has 35 heavy (non-hydrogen) atoms. The molecule has 0 spiro atoms. The highest BCUT2D eigenvalue weighted by Crippen LogP contribution is 2.34. The van der Waals surface area contributed by atoms with Crippen LogP contribution in [0.25, 0.3) is 0 Å². The highest BCUT2D eigenvalue weighted by molar-refractivity contribution is 7.99. The number of alkyl halides is 3. The summed E-state index contributed by atoms with van der Waals surface area (Å²) in [4.78, 5) is 5.38. The second kappa shape index (κ2) is 11.1. The number of halogens is 4. The number of ether oxygens (including phenoxy) is 1. The van der Waals surface area contributed by atoms with Crippen LogP contribution in [-0.2, 0) is 6.54 Å². The van der Waals surface area contributed by atoms with Crippen molar-refractivity contribution in [1.29, 1.82) is 0 Å². The predicted molar refractivity (Wildman–Crippen MR) is 138 cm³/mol. The molecule has 1 aliphatic rings. The summed E-state index contributed by atoms with van der Waals surface area (Å²) in [6.07, 6.45) is -4.17. The van der Waals surface area contributed by atoms with Gasteiger partial charge in [0, 0.05) is 48.3 Å². The first kappa shape index (κ1) is 25.7. The number of hydrogen-bond donors (Lipinski definition) is 0. The van der Waals surface area contributed by atoms with Gasteiger partial charge in [0.15, 0.2) is 0 Å². The maximum Gasteiger partial charge on any atom is 0.398 e. The largest absolute Gasteiger partial charge is 0.457 e. The third-order valence-corrected chi connectivity index (χ3v) is 7.45. The molecule has 1 heterocycles. The van der Waals surface area contributed by atoms with E-state index in [1.165, 1.54) is 5.56 Å². The van der Waals surface area contributed by atoms with Gasteiger partial charge in [-0.05, 0) is 73.0 Å². The van der Waals surface area contributed by atoms with Crippen LogP contribution in [0.4, 0.5) is 18.9 Å². The molecule has 3 aromatic rings. The fourth-order valence-corrected chi connectivity index (χ4v) is 5.11. The second-order valence-electron chi connectivity index (χ2n) is 8.77. The zero-order valence-corrected chi connectivity index (χ0v) is 21.3. The van der Waals surface area contributed by atoms with Crippen molar-refractivity contribution in [2.45, 2.75) is 31.5 Å². The third kappa shape index (κ3) is 7.32. The van der Waals surface area contributed by atoms with Crippen LogP contribution >= 0.6 is 23.4 Å². The maximum atomic E-state index is 12.7. The number of rotatable bonds is 7. The van der Waals surface area contributed by atoms with Crippen LogP contribution < -0.4 is 9.64 Å². The summed E-state index contributed by atoms with van der Waals surface area (Å²) < 4.78 is 44.0. The molecule has 8 heteroatoms. The van der Waals surface area contributed by atoms with Gasteiger partial charge >= 0.3 is 6.18 Å². The summed E-state index contributed by atoms with van der Waals surface area (Å²) in [5.74, 6) is 0.646. The molecule has 1 saturated heterocycles. The van der Waals surface area contributed by atoms with E-state index in [1.807, 2.05) is 50.2 Å². The van der Waals surface area contributed by atoms with Crippen molar-refractivity contribution in [3.05, 3.63) is 82.4 Å². The SMILES string of the molecule is Cc1cc(C)c(N2CCN(Cc3ccc(Oc4ccc(Cl)cc4)cc3)CC2)cc1SCC(F)(F)F. The van der Waals surface area contributed by atoms with E-state index in [2.05, 4.69) is 21.9 Å². The summed E-state index contributed by atoms with van der Waals surface area (Å²) in [5.41, 5.74) is 4.23. The summed E-state index contributed by atoms with van der Waals surface area (Å²) >= 11 is 6.79. The zero-order chi connectivity index (χ0) is 25.0. The average Bonchev–Trinajstić information content (AvgIpc) is 2.81. The molecular formula is C27H28ClF3N2OS. The lowest BCUT2D eigenvalue weighted by atomic mass is 10.1. The Morgan fingerprint density at radius 1 is 0.857 bits per heavy atom. The van der Waals surface area contributed by atoms with Crippen LogP contribution in [0, 0.1) is 13.8 Å². The Balaban J connectivity index is 1.32. The number of thioether (sulfide) groups is 1. The van der Waals surface area contributed by atoms with Gasteiger partial charge in [-0.2, -0.15) is 13.2 Å². The van der Waals surface area contributed by atoms with Gasteiger partial charge in [-0.25, -0.2) is 0 Å². The summed E-state index contributed by atoms with van der Waals surface area (Å²) in [6, 6.07) is 19.3. The van der Waals surface area contributed by atoms with E-state index in [-0.39, 0.29) is 0 Å². The number of anilines is 1. The van der Waals surface area contributed by atoms with Gasteiger partial charge in [-0.1, -0.05) is 29.8 Å². The van der Waals surface area contributed by atoms with Crippen molar-refractivity contribution in [2.75, 3.05) is 36.8 Å². The molecule has 3 aromatic carbocycles. The first-order chi connectivity index (χ1) is 16.7. The third-order valence-electron chi connectivity index (χ3n) is 5.98. The minimum atomic E-state index is -4.17. The molecule has 4 rings (SSSR count). The van der Waals surface area contributed by atoms with Crippen molar-refractivity contribution >= 4 is 29.1 Å². The Hall–Kier alpha value is -2.35. The van der Waals surface area contributed by atoms with Crippen molar-refractivity contribution in [1.82, 2.24) is 4.90 Å². The van der Waals surface area contributed by atoms with E-state index < -0.39 is 11.9 Å². The molecule has 3 nitrogen and oxygen atoms in total. The van der Waals surface area contributed by atoms with E-state index in [1.54, 1.807) is 12.1 Å². The Morgan fingerprint density at radius 2 is 1.46 bits per heavy atom. The Bertz CT molecular complexity index is 1130. The number of nitrogens with zero attached hydrogens (tertiary/aromatic N) is 2. The van der Waals surface area contributed by atoms with E-state index in [0.717, 1.165) is 72.8 Å². The smallest absolute Gasteiger partial charge is 0.398 e. The van der Waals surface area contributed by atoms with Gasteiger partial charge in [0.25, 0.3) is 0 Å². The van der Waals surface area contributed by atoms with Crippen LogP contribution in [0.5, 0.6) is 11.5 Å². The summed E-state index contributed by atoms with van der Waals surface area (Å²) in [5, 5.41) is 0.672. The highest BCUT2D eigenvalue weighted by Gasteiger charge is 2.28. The minimum Gasteiger partial charge on any atom is -0.457 e. The van der Waals surface area contributed by atoms with Crippen LogP contribution in [0.1, 0.15) is 16.7 Å². The van der Waals surface area contributed by atoms with E-state index in [9.17, 15) is 13.2 Å². The topological polar surface area (TPSA) is 15.7 Å². The van der Waals surface area contributed by atoms with Crippen molar-refractivity contribution < 1.29 is 17.9 Å². The average molecular weight is 521 g/mol. The molecular weight excluding hydrogens is 493 g/mol. The summed E-state index contributed by atoms with van der Waals surface area (Å²) in [6.45, 7) is 8.20. The maximum absolute atomic E-state index is 12.7. The molecule has 186 valence electrons. The standard InChI is InChI=1S/C27H28ClF3N2OS/c1-19-15-20(2)26(35-18-27(29,30)31)16-25(19)33-13-11-32(12-14-33)17-21-3-7-23(8-4-21)34-24-9-5-22(28)6-10-24/h3-10,15-16H,11-14,17-18H2,1-2H3. The van der Waals surface area contributed by atoms with Gasteiger partial charge in [-0.15, -0.1) is 11.8 Å². The van der Waals surface area contributed by atoms with Crippen molar-refractivity contribution in [3.8, 4) is 11.5 Å². The van der Waals surface area contributed by atoms with Crippen molar-refractivity contribution in [3.63, 3.8) is 0 Å². The van der Waals surface area contributed by atoms with Crippen LogP contribution in [0.2, 0.25) is 5.02 Å². The molecule has 0 aliphatic carbocycles. The monoisotopic (exact) mass is 520 g/mol. The molecule has 1 aliphatic heterocycles. The van der Waals surface area contributed by atoms with Crippen LogP contribution in [0.15, 0.2) is 65.6 Å². The molecule has 0 amide bonds. The van der Waals surface area contributed by atoms with Crippen LogP contribution in [0.3, 0.4) is 0 Å². The van der Waals surface area contributed by atoms with Gasteiger partial charge in [-0.3, -0.25) is 4.90 Å². The van der Waals surface area contributed by atoms with Gasteiger partial charge in [0.1, 0.15) is 11.5 Å². The van der Waals surface area contributed by atoms with Crippen molar-refractivity contribution in [2.24, 2.45) is 0 Å². The number of hydrogen-bond acceptors (Lipinski definition) is 4. The number of piperazine rings is 1. The fourth-order valence-electron chi connectivity index (χ4n) is 4.18. The predicted octanol–water partition coefficient (Wildman–Crippen LogP) is 7.73. The lowest BCUT2D eigenvalue weighted by molar-refractivity contribution is -0.105. The molecule has 0 bridgehead atoms. The van der Waals surface area contributed by atoms with E-state index in [0.29, 0.717) is 9.92 Å². The second-order valence-corrected chi connectivity index (χ2v) is 10.2. The number of benzene rings is 3. The lowest BCUT2D eigenvalue weighted by Crippen LogP contribution is -2.46. The van der Waals surface area contributed by atoms with E-state index in [4.69, 9.17) is 16.3 Å². The molecule has 0 atom stereocenters. The molecule has 0 saturated carbocycles.